The molecule has 0 N–H and O–H groups in total. The lowest BCUT2D eigenvalue weighted by molar-refractivity contribution is -0.00716. The zero-order valence-electron chi connectivity index (χ0n) is 17.3. The Morgan fingerprint density at radius 2 is 2.07 bits per heavy atom. The quantitative estimate of drug-likeness (QED) is 0.807. The van der Waals surface area contributed by atoms with Gasteiger partial charge in [-0.1, -0.05) is 6.42 Å². The summed E-state index contributed by atoms with van der Waals surface area (Å²) >= 11 is 0. The molecule has 0 saturated heterocycles. The van der Waals surface area contributed by atoms with Gasteiger partial charge in [-0.25, -0.2) is 0 Å². The molecule has 4 heterocycles. The van der Waals surface area contributed by atoms with Gasteiger partial charge in [-0.05, 0) is 33.6 Å². The molecule has 8 heteroatoms. The monoisotopic (exact) mass is 386 g/mol. The van der Waals surface area contributed by atoms with Gasteiger partial charge in [0.25, 0.3) is 5.91 Å². The Morgan fingerprint density at radius 3 is 2.86 bits per heavy atom. The summed E-state index contributed by atoms with van der Waals surface area (Å²) in [5.74, 6) is 1.90. The van der Waals surface area contributed by atoms with E-state index in [4.69, 9.17) is 4.74 Å². The predicted octanol–water partition coefficient (Wildman–Crippen LogP) is 2.52. The van der Waals surface area contributed by atoms with Crippen molar-refractivity contribution in [3.05, 3.63) is 28.6 Å². The number of nitrogens with zero attached hydrogens (tertiary/aromatic N) is 6. The van der Waals surface area contributed by atoms with E-state index < -0.39 is 0 Å². The molecule has 0 saturated carbocycles. The summed E-state index contributed by atoms with van der Waals surface area (Å²) in [7, 11) is 1.84. The molecule has 0 fully saturated rings. The second kappa shape index (κ2) is 7.66. The van der Waals surface area contributed by atoms with Crippen molar-refractivity contribution in [2.24, 2.45) is 0 Å². The second-order valence-corrected chi connectivity index (χ2v) is 7.98. The maximum atomic E-state index is 13.4. The van der Waals surface area contributed by atoms with Crippen LogP contribution in [0, 0.1) is 0 Å². The van der Waals surface area contributed by atoms with Crippen molar-refractivity contribution in [1.82, 2.24) is 29.4 Å². The van der Waals surface area contributed by atoms with Crippen molar-refractivity contribution in [3.8, 4) is 0 Å². The normalized spacial score (nSPS) is 21.7. The number of hydrogen-bond donors (Lipinski definition) is 0. The predicted molar refractivity (Wildman–Crippen MR) is 104 cm³/mol. The van der Waals surface area contributed by atoms with Gasteiger partial charge in [-0.3, -0.25) is 9.48 Å². The van der Waals surface area contributed by atoms with Crippen LogP contribution in [0.1, 0.15) is 79.5 Å². The van der Waals surface area contributed by atoms with Crippen molar-refractivity contribution in [1.29, 1.82) is 0 Å². The molecule has 152 valence electrons. The molecule has 0 aromatic carbocycles. The molecule has 8 nitrogen and oxygen atoms in total. The lowest BCUT2D eigenvalue weighted by Gasteiger charge is -2.25. The van der Waals surface area contributed by atoms with Crippen LogP contribution in [0.25, 0.3) is 0 Å². The van der Waals surface area contributed by atoms with Gasteiger partial charge >= 0.3 is 0 Å². The molecule has 0 radical (unpaired) electrons. The number of ether oxygens (including phenoxy) is 1. The first kappa shape index (κ1) is 19.1. The Labute approximate surface area is 165 Å². The third-order valence-corrected chi connectivity index (χ3v) is 5.81. The van der Waals surface area contributed by atoms with Gasteiger partial charge in [0.1, 0.15) is 11.5 Å². The summed E-state index contributed by atoms with van der Waals surface area (Å²) in [6, 6.07) is 0. The van der Waals surface area contributed by atoms with E-state index in [1.54, 1.807) is 4.90 Å². The number of rotatable bonds is 4. The largest absolute Gasteiger partial charge is 0.369 e. The number of aromatic nitrogens is 5. The lowest BCUT2D eigenvalue weighted by atomic mass is 9.99. The van der Waals surface area contributed by atoms with Gasteiger partial charge in [0.05, 0.1) is 24.4 Å². The van der Waals surface area contributed by atoms with Crippen LogP contribution in [-0.2, 0) is 37.2 Å². The third kappa shape index (κ3) is 3.34. The van der Waals surface area contributed by atoms with Crippen LogP contribution in [0.2, 0.25) is 0 Å². The molecule has 2 aromatic rings. The van der Waals surface area contributed by atoms with Gasteiger partial charge in [0.2, 0.25) is 0 Å². The van der Waals surface area contributed by atoms with E-state index in [1.165, 1.54) is 6.42 Å². The molecule has 2 aromatic heterocycles. The molecule has 0 spiro atoms. The smallest absolute Gasteiger partial charge is 0.272 e. The Balaban J connectivity index is 1.61. The Hall–Kier alpha value is -2.22. The second-order valence-electron chi connectivity index (χ2n) is 7.98. The molecular formula is C20H30N6O2. The Bertz CT molecular complexity index is 870. The summed E-state index contributed by atoms with van der Waals surface area (Å²) in [5, 5.41) is 13.4. The first-order chi connectivity index (χ1) is 13.5. The molecular weight excluding hydrogens is 356 g/mol. The summed E-state index contributed by atoms with van der Waals surface area (Å²) in [6.07, 6.45) is 5.20. The molecule has 2 aliphatic rings. The van der Waals surface area contributed by atoms with Crippen LogP contribution < -0.4 is 0 Å². The van der Waals surface area contributed by atoms with Gasteiger partial charge in [0, 0.05) is 38.5 Å². The van der Waals surface area contributed by atoms with Crippen LogP contribution in [0.5, 0.6) is 0 Å². The number of amides is 1. The van der Waals surface area contributed by atoms with E-state index in [9.17, 15) is 4.79 Å². The minimum Gasteiger partial charge on any atom is -0.369 e. The summed E-state index contributed by atoms with van der Waals surface area (Å²) in [6.45, 7) is 8.12. The van der Waals surface area contributed by atoms with Crippen molar-refractivity contribution in [3.63, 3.8) is 0 Å². The maximum Gasteiger partial charge on any atom is 0.272 e. The molecule has 0 unspecified atom stereocenters. The molecule has 2 atom stereocenters. The van der Waals surface area contributed by atoms with Crippen LogP contribution in [-0.4, -0.2) is 48.5 Å². The van der Waals surface area contributed by atoms with Gasteiger partial charge in [-0.15, -0.1) is 10.2 Å². The van der Waals surface area contributed by atoms with Crippen LogP contribution in [0.15, 0.2) is 0 Å². The van der Waals surface area contributed by atoms with Crippen molar-refractivity contribution in [2.45, 2.75) is 84.7 Å². The van der Waals surface area contributed by atoms with Gasteiger partial charge in [-0.2, -0.15) is 5.10 Å². The summed E-state index contributed by atoms with van der Waals surface area (Å²) in [4.78, 5) is 15.1. The summed E-state index contributed by atoms with van der Waals surface area (Å²) in [5.41, 5.74) is 2.62. The van der Waals surface area contributed by atoms with E-state index in [0.29, 0.717) is 18.8 Å². The van der Waals surface area contributed by atoms with E-state index in [-0.39, 0.29) is 18.1 Å². The highest BCUT2D eigenvalue weighted by atomic mass is 16.5. The van der Waals surface area contributed by atoms with Gasteiger partial charge in [0.15, 0.2) is 5.82 Å². The standard InChI is InChI=1S/C20H30N6O2/c1-5-26-19(15-11-13(2)28-14(3)18(15)23-26)20(27)24(4)12-17-22-21-16-9-7-6-8-10-25(16)17/h13-14H,5-12H2,1-4H3/t13-,14+/m0/s1. The third-order valence-electron chi connectivity index (χ3n) is 5.81. The summed E-state index contributed by atoms with van der Waals surface area (Å²) < 4.78 is 9.92. The Kier molecular flexibility index (Phi) is 5.23. The average Bonchev–Trinajstić information content (AvgIpc) is 3.13. The van der Waals surface area contributed by atoms with Gasteiger partial charge < -0.3 is 14.2 Å². The number of carbonyl (C=O) groups excluding carboxylic acids is 1. The van der Waals surface area contributed by atoms with Crippen LogP contribution in [0.4, 0.5) is 0 Å². The maximum absolute atomic E-state index is 13.4. The van der Waals surface area contributed by atoms with Crippen LogP contribution in [0.3, 0.4) is 0 Å². The molecule has 28 heavy (non-hydrogen) atoms. The number of fused-ring (bicyclic) bond motifs is 2. The Morgan fingerprint density at radius 1 is 1.25 bits per heavy atom. The minimum atomic E-state index is -0.0873. The molecule has 1 amide bonds. The highest BCUT2D eigenvalue weighted by molar-refractivity contribution is 5.94. The fourth-order valence-electron chi connectivity index (χ4n) is 4.39. The number of carbonyl (C=O) groups is 1. The van der Waals surface area contributed by atoms with E-state index in [1.807, 2.05) is 32.5 Å². The highest BCUT2D eigenvalue weighted by Crippen LogP contribution is 2.32. The van der Waals surface area contributed by atoms with E-state index >= 15 is 0 Å². The van der Waals surface area contributed by atoms with Crippen molar-refractivity contribution < 1.29 is 9.53 Å². The number of aryl methyl sites for hydroxylation is 2. The average molecular weight is 387 g/mol. The van der Waals surface area contributed by atoms with Crippen LogP contribution >= 0.6 is 0 Å². The highest BCUT2D eigenvalue weighted by Gasteiger charge is 2.33. The fourth-order valence-corrected chi connectivity index (χ4v) is 4.39. The fraction of sp³-hybridized carbons (Fsp3) is 0.700. The van der Waals surface area contributed by atoms with Crippen molar-refractivity contribution in [2.75, 3.05) is 7.05 Å². The van der Waals surface area contributed by atoms with Crippen molar-refractivity contribution >= 4 is 5.91 Å². The molecule has 2 aliphatic heterocycles. The lowest BCUT2D eigenvalue weighted by Crippen LogP contribution is -2.31. The zero-order chi connectivity index (χ0) is 19.8. The SMILES string of the molecule is CCn1nc2c(c1C(=O)N(C)Cc1nnc3n1CCCCC3)C[C@H](C)O[C@@H]2C. The first-order valence-electron chi connectivity index (χ1n) is 10.4. The molecule has 4 rings (SSSR count). The van der Waals surface area contributed by atoms with E-state index in [0.717, 1.165) is 55.1 Å². The molecule has 0 aliphatic carbocycles. The molecule has 0 bridgehead atoms. The first-order valence-corrected chi connectivity index (χ1v) is 10.4. The van der Waals surface area contributed by atoms with E-state index in [2.05, 4.69) is 19.9 Å². The minimum absolute atomic E-state index is 0.0112. The number of hydrogen-bond acceptors (Lipinski definition) is 5. The zero-order valence-corrected chi connectivity index (χ0v) is 17.3. The topological polar surface area (TPSA) is 78.1 Å².